The zero-order valence-electron chi connectivity index (χ0n) is 13.8. The quantitative estimate of drug-likeness (QED) is 0.808. The van der Waals surface area contributed by atoms with E-state index in [9.17, 15) is 4.79 Å². The van der Waals surface area contributed by atoms with Crippen LogP contribution in [0.3, 0.4) is 0 Å². The molecule has 3 rings (SSSR count). The molecule has 0 spiro atoms. The molecule has 1 saturated heterocycles. The van der Waals surface area contributed by atoms with Crippen LogP contribution in [0.4, 0.5) is 0 Å². The molecule has 2 aromatic rings. The summed E-state index contributed by atoms with van der Waals surface area (Å²) in [6.45, 7) is 9.79. The normalized spacial score (nSPS) is 23.0. The van der Waals surface area contributed by atoms with Gasteiger partial charge in [-0.25, -0.2) is 4.79 Å². The van der Waals surface area contributed by atoms with Crippen LogP contribution >= 0.6 is 0 Å². The lowest BCUT2D eigenvalue weighted by atomic mass is 9.91. The predicted octanol–water partition coefficient (Wildman–Crippen LogP) is 3.83. The highest BCUT2D eigenvalue weighted by Crippen LogP contribution is 2.25. The highest BCUT2D eigenvalue weighted by Gasteiger charge is 2.22. The van der Waals surface area contributed by atoms with E-state index in [1.807, 2.05) is 6.07 Å². The summed E-state index contributed by atoms with van der Waals surface area (Å²) >= 11 is 0. The van der Waals surface area contributed by atoms with Gasteiger partial charge < -0.3 is 4.42 Å². The van der Waals surface area contributed by atoms with Crippen molar-refractivity contribution >= 4 is 11.0 Å². The van der Waals surface area contributed by atoms with Gasteiger partial charge in [0.25, 0.3) is 0 Å². The van der Waals surface area contributed by atoms with Crippen LogP contribution in [-0.2, 0) is 13.0 Å². The van der Waals surface area contributed by atoms with E-state index in [4.69, 9.17) is 4.42 Å². The van der Waals surface area contributed by atoms with Gasteiger partial charge in [-0.05, 0) is 41.9 Å². The first-order valence-electron chi connectivity index (χ1n) is 8.33. The minimum absolute atomic E-state index is 0.242. The molecule has 1 aliphatic heterocycles. The van der Waals surface area contributed by atoms with Crippen LogP contribution in [0.25, 0.3) is 11.0 Å². The fourth-order valence-corrected chi connectivity index (χ4v) is 3.79. The molecule has 0 bridgehead atoms. The molecule has 2 atom stereocenters. The molecule has 3 heteroatoms. The highest BCUT2D eigenvalue weighted by molar-refractivity contribution is 5.80. The second-order valence-corrected chi connectivity index (χ2v) is 6.91. The van der Waals surface area contributed by atoms with Crippen LogP contribution in [-0.4, -0.2) is 18.0 Å². The maximum absolute atomic E-state index is 11.9. The van der Waals surface area contributed by atoms with Crippen molar-refractivity contribution in [3.63, 3.8) is 0 Å². The molecule has 0 amide bonds. The number of piperidine rings is 1. The van der Waals surface area contributed by atoms with Crippen LogP contribution < -0.4 is 5.63 Å². The van der Waals surface area contributed by atoms with Crippen molar-refractivity contribution < 1.29 is 4.42 Å². The van der Waals surface area contributed by atoms with E-state index in [0.717, 1.165) is 54.4 Å². The van der Waals surface area contributed by atoms with Crippen molar-refractivity contribution in [1.29, 1.82) is 0 Å². The molecular formula is C19H25NO2. The molecule has 0 aliphatic carbocycles. The topological polar surface area (TPSA) is 33.5 Å². The second kappa shape index (κ2) is 6.25. The molecule has 1 aromatic carbocycles. The molecule has 1 aliphatic rings. The SMILES string of the molecule is CCc1ccc2c(CN3CC(C)CC(C)C3)cc(=O)oc2c1. The summed E-state index contributed by atoms with van der Waals surface area (Å²) in [4.78, 5) is 14.4. The van der Waals surface area contributed by atoms with Crippen LogP contribution in [0.15, 0.2) is 33.5 Å². The van der Waals surface area contributed by atoms with E-state index in [1.54, 1.807) is 6.07 Å². The number of likely N-dealkylation sites (tertiary alicyclic amines) is 1. The lowest BCUT2D eigenvalue weighted by molar-refractivity contribution is 0.134. The summed E-state index contributed by atoms with van der Waals surface area (Å²) in [7, 11) is 0. The lowest BCUT2D eigenvalue weighted by Crippen LogP contribution is -2.38. The highest BCUT2D eigenvalue weighted by atomic mass is 16.4. The second-order valence-electron chi connectivity index (χ2n) is 6.91. The molecule has 2 heterocycles. The average molecular weight is 299 g/mol. The van der Waals surface area contributed by atoms with E-state index in [1.165, 1.54) is 12.0 Å². The van der Waals surface area contributed by atoms with Crippen molar-refractivity contribution in [3.8, 4) is 0 Å². The monoisotopic (exact) mass is 299 g/mol. The third-order valence-electron chi connectivity index (χ3n) is 4.64. The molecule has 1 fully saturated rings. The molecule has 3 nitrogen and oxygen atoms in total. The van der Waals surface area contributed by atoms with Gasteiger partial charge in [-0.15, -0.1) is 0 Å². The van der Waals surface area contributed by atoms with Crippen molar-refractivity contribution in [2.75, 3.05) is 13.1 Å². The summed E-state index contributed by atoms with van der Waals surface area (Å²) in [5.74, 6) is 1.45. The molecule has 2 unspecified atom stereocenters. The Labute approximate surface area is 131 Å². The number of nitrogens with zero attached hydrogens (tertiary/aromatic N) is 1. The smallest absolute Gasteiger partial charge is 0.336 e. The number of benzene rings is 1. The Hall–Kier alpha value is -1.61. The Kier molecular flexibility index (Phi) is 4.34. The van der Waals surface area contributed by atoms with Crippen LogP contribution in [0.2, 0.25) is 0 Å². The Bertz CT molecular complexity index is 709. The van der Waals surface area contributed by atoms with Gasteiger partial charge in [0, 0.05) is 31.1 Å². The van der Waals surface area contributed by atoms with Gasteiger partial charge in [0.05, 0.1) is 0 Å². The molecule has 22 heavy (non-hydrogen) atoms. The van der Waals surface area contributed by atoms with Gasteiger partial charge in [-0.3, -0.25) is 4.90 Å². The van der Waals surface area contributed by atoms with Crippen molar-refractivity contribution in [1.82, 2.24) is 4.90 Å². The zero-order valence-corrected chi connectivity index (χ0v) is 13.8. The average Bonchev–Trinajstić information content (AvgIpc) is 2.45. The van der Waals surface area contributed by atoms with E-state index in [2.05, 4.69) is 37.8 Å². The lowest BCUT2D eigenvalue weighted by Gasteiger charge is -2.35. The Morgan fingerprint density at radius 1 is 1.18 bits per heavy atom. The van der Waals surface area contributed by atoms with Gasteiger partial charge >= 0.3 is 5.63 Å². The third-order valence-corrected chi connectivity index (χ3v) is 4.64. The number of aryl methyl sites for hydroxylation is 1. The predicted molar refractivity (Wildman–Crippen MR) is 90.1 cm³/mol. The summed E-state index contributed by atoms with van der Waals surface area (Å²) < 4.78 is 5.40. The fourth-order valence-electron chi connectivity index (χ4n) is 3.79. The standard InChI is InChI=1S/C19H25NO2/c1-4-15-5-6-17-16(9-19(21)22-18(17)8-15)12-20-10-13(2)7-14(3)11-20/h5-6,8-9,13-14H,4,7,10-12H2,1-3H3. The number of fused-ring (bicyclic) bond motifs is 1. The third kappa shape index (κ3) is 3.25. The maximum atomic E-state index is 11.9. The largest absolute Gasteiger partial charge is 0.423 e. The molecule has 0 N–H and O–H groups in total. The summed E-state index contributed by atoms with van der Waals surface area (Å²) in [5.41, 5.74) is 2.78. The van der Waals surface area contributed by atoms with E-state index < -0.39 is 0 Å². The van der Waals surface area contributed by atoms with Crippen molar-refractivity contribution in [3.05, 3.63) is 45.8 Å². The van der Waals surface area contributed by atoms with E-state index >= 15 is 0 Å². The van der Waals surface area contributed by atoms with Crippen LogP contribution in [0.5, 0.6) is 0 Å². The number of rotatable bonds is 3. The molecule has 1 aromatic heterocycles. The molecule has 0 radical (unpaired) electrons. The minimum atomic E-state index is -0.242. The molecular weight excluding hydrogens is 274 g/mol. The van der Waals surface area contributed by atoms with Gasteiger partial charge in [0.2, 0.25) is 0 Å². The minimum Gasteiger partial charge on any atom is -0.423 e. The van der Waals surface area contributed by atoms with E-state index in [-0.39, 0.29) is 5.63 Å². The van der Waals surface area contributed by atoms with Crippen molar-refractivity contribution in [2.24, 2.45) is 11.8 Å². The summed E-state index contributed by atoms with van der Waals surface area (Å²) in [5, 5.41) is 1.07. The number of hydrogen-bond donors (Lipinski definition) is 0. The first kappa shape index (κ1) is 15.3. The Morgan fingerprint density at radius 3 is 2.59 bits per heavy atom. The first-order chi connectivity index (χ1) is 10.5. The summed E-state index contributed by atoms with van der Waals surface area (Å²) in [6.07, 6.45) is 2.25. The Morgan fingerprint density at radius 2 is 1.91 bits per heavy atom. The Balaban J connectivity index is 1.94. The van der Waals surface area contributed by atoms with Gasteiger partial charge in [-0.2, -0.15) is 0 Å². The van der Waals surface area contributed by atoms with Crippen LogP contribution in [0, 0.1) is 11.8 Å². The summed E-state index contributed by atoms with van der Waals surface area (Å²) in [6, 6.07) is 7.90. The molecule has 118 valence electrons. The maximum Gasteiger partial charge on any atom is 0.336 e. The van der Waals surface area contributed by atoms with Gasteiger partial charge in [-0.1, -0.05) is 32.9 Å². The number of hydrogen-bond acceptors (Lipinski definition) is 3. The van der Waals surface area contributed by atoms with E-state index in [0.29, 0.717) is 0 Å². The van der Waals surface area contributed by atoms with Crippen molar-refractivity contribution in [2.45, 2.75) is 40.2 Å². The molecule has 0 saturated carbocycles. The first-order valence-corrected chi connectivity index (χ1v) is 8.33. The van der Waals surface area contributed by atoms with Gasteiger partial charge in [0.15, 0.2) is 0 Å². The van der Waals surface area contributed by atoms with Gasteiger partial charge in [0.1, 0.15) is 5.58 Å². The zero-order chi connectivity index (χ0) is 15.7. The van der Waals surface area contributed by atoms with Crippen LogP contribution in [0.1, 0.15) is 38.3 Å². The fraction of sp³-hybridized carbons (Fsp3) is 0.526.